The van der Waals surface area contributed by atoms with E-state index in [1.807, 2.05) is 24.3 Å². The molecule has 0 radical (unpaired) electrons. The Kier molecular flexibility index (Phi) is 5.48. The topological polar surface area (TPSA) is 76.3 Å². The van der Waals surface area contributed by atoms with E-state index in [-0.39, 0.29) is 0 Å². The quantitative estimate of drug-likeness (QED) is 0.640. The molecule has 0 aliphatic carbocycles. The van der Waals surface area contributed by atoms with Crippen molar-refractivity contribution in [3.8, 4) is 17.0 Å². The average Bonchev–Trinajstić information content (AvgIpc) is 3.17. The van der Waals surface area contributed by atoms with Crippen molar-refractivity contribution in [1.29, 1.82) is 0 Å². The Balaban J connectivity index is 1.52. The number of para-hydroxylation sites is 1. The van der Waals surface area contributed by atoms with Crippen LogP contribution in [0.4, 0.5) is 5.82 Å². The smallest absolute Gasteiger partial charge is 0.263 e. The van der Waals surface area contributed by atoms with Gasteiger partial charge in [-0.3, -0.25) is 0 Å². The molecule has 3 heterocycles. The van der Waals surface area contributed by atoms with E-state index in [0.717, 1.165) is 42.0 Å². The van der Waals surface area contributed by atoms with E-state index in [2.05, 4.69) is 25.3 Å². The number of ether oxygens (including phenoxy) is 1. The molecule has 1 saturated heterocycles. The zero-order valence-electron chi connectivity index (χ0n) is 15.6. The van der Waals surface area contributed by atoms with Crippen LogP contribution in [0.5, 0.6) is 5.75 Å². The number of aromatic nitrogens is 3. The van der Waals surface area contributed by atoms with Crippen LogP contribution in [-0.2, 0) is 0 Å². The van der Waals surface area contributed by atoms with Gasteiger partial charge < -0.3 is 19.5 Å². The Morgan fingerprint density at radius 2 is 2.00 bits per heavy atom. The van der Waals surface area contributed by atoms with Crippen LogP contribution in [0.1, 0.15) is 25.7 Å². The third kappa shape index (κ3) is 3.88. The fourth-order valence-corrected chi connectivity index (χ4v) is 3.64. The van der Waals surface area contributed by atoms with Gasteiger partial charge in [-0.2, -0.15) is 4.98 Å². The van der Waals surface area contributed by atoms with Crippen molar-refractivity contribution in [2.75, 3.05) is 38.6 Å². The minimum atomic E-state index is 0.476. The van der Waals surface area contributed by atoms with Gasteiger partial charge in [0.1, 0.15) is 29.0 Å². The highest BCUT2D eigenvalue weighted by Gasteiger charge is 2.19. The summed E-state index contributed by atoms with van der Waals surface area (Å²) in [6, 6.07) is 7.75. The second kappa shape index (κ2) is 8.35. The maximum atomic E-state index is 5.48. The first-order valence-electron chi connectivity index (χ1n) is 9.57. The molecule has 0 saturated carbocycles. The summed E-state index contributed by atoms with van der Waals surface area (Å²) in [5.41, 5.74) is 2.04. The molecule has 7 heteroatoms. The zero-order valence-corrected chi connectivity index (χ0v) is 15.6. The molecule has 3 aromatic rings. The maximum absolute atomic E-state index is 5.48. The van der Waals surface area contributed by atoms with Crippen LogP contribution in [0.15, 0.2) is 35.1 Å². The first kappa shape index (κ1) is 17.7. The summed E-state index contributed by atoms with van der Waals surface area (Å²) in [6.07, 6.45) is 6.59. The van der Waals surface area contributed by atoms with Crippen LogP contribution >= 0.6 is 0 Å². The van der Waals surface area contributed by atoms with E-state index in [4.69, 9.17) is 9.26 Å². The number of nitrogens with one attached hydrogen (secondary N) is 1. The predicted octanol–water partition coefficient (Wildman–Crippen LogP) is 3.58. The molecule has 1 aliphatic rings. The number of rotatable bonds is 7. The number of methoxy groups -OCH3 is 1. The van der Waals surface area contributed by atoms with Crippen LogP contribution < -0.4 is 10.1 Å². The third-order valence-electron chi connectivity index (χ3n) is 5.03. The van der Waals surface area contributed by atoms with E-state index in [0.29, 0.717) is 11.4 Å². The second-order valence-electron chi connectivity index (χ2n) is 6.82. The zero-order chi connectivity index (χ0) is 18.5. The average molecular weight is 367 g/mol. The van der Waals surface area contributed by atoms with E-state index in [1.54, 1.807) is 7.11 Å². The number of hydrogen-bond acceptors (Lipinski definition) is 7. The number of likely N-dealkylation sites (tertiary alicyclic amines) is 1. The van der Waals surface area contributed by atoms with Gasteiger partial charge in [-0.15, -0.1) is 0 Å². The third-order valence-corrected chi connectivity index (χ3v) is 5.03. The molecule has 1 fully saturated rings. The fourth-order valence-electron chi connectivity index (χ4n) is 3.64. The van der Waals surface area contributed by atoms with Gasteiger partial charge in [0.05, 0.1) is 7.11 Å². The van der Waals surface area contributed by atoms with E-state index >= 15 is 0 Å². The number of nitrogens with zero attached hydrogens (tertiary/aromatic N) is 4. The van der Waals surface area contributed by atoms with Crippen molar-refractivity contribution in [2.45, 2.75) is 25.7 Å². The molecule has 0 spiro atoms. The molecule has 2 aromatic heterocycles. The number of anilines is 1. The van der Waals surface area contributed by atoms with Crippen LogP contribution in [-0.4, -0.2) is 53.3 Å². The van der Waals surface area contributed by atoms with Gasteiger partial charge in [0.25, 0.3) is 5.71 Å². The minimum absolute atomic E-state index is 0.476. The summed E-state index contributed by atoms with van der Waals surface area (Å²) in [4.78, 5) is 11.2. The van der Waals surface area contributed by atoms with Gasteiger partial charge in [-0.1, -0.05) is 23.7 Å². The largest absolute Gasteiger partial charge is 0.496 e. The lowest BCUT2D eigenvalue weighted by molar-refractivity contribution is 0.228. The fraction of sp³-hybridized carbons (Fsp3) is 0.450. The summed E-state index contributed by atoms with van der Waals surface area (Å²) in [6.45, 7) is 4.41. The van der Waals surface area contributed by atoms with Gasteiger partial charge in [0.15, 0.2) is 0 Å². The predicted molar refractivity (Wildman–Crippen MR) is 105 cm³/mol. The Hall–Kier alpha value is -2.67. The maximum Gasteiger partial charge on any atom is 0.263 e. The summed E-state index contributed by atoms with van der Waals surface area (Å²) in [5.74, 6) is 1.49. The molecule has 0 atom stereocenters. The first-order valence-corrected chi connectivity index (χ1v) is 9.57. The first-order chi connectivity index (χ1) is 13.4. The van der Waals surface area contributed by atoms with Crippen LogP contribution in [0.2, 0.25) is 0 Å². The summed E-state index contributed by atoms with van der Waals surface area (Å²) >= 11 is 0. The van der Waals surface area contributed by atoms with E-state index in [9.17, 15) is 0 Å². The molecule has 4 rings (SSSR count). The van der Waals surface area contributed by atoms with Gasteiger partial charge in [-0.25, -0.2) is 4.98 Å². The van der Waals surface area contributed by atoms with Gasteiger partial charge in [0.2, 0.25) is 0 Å². The molecule has 0 unspecified atom stereocenters. The van der Waals surface area contributed by atoms with E-state index in [1.165, 1.54) is 38.7 Å². The van der Waals surface area contributed by atoms with Crippen LogP contribution in [0.3, 0.4) is 0 Å². The second-order valence-corrected chi connectivity index (χ2v) is 6.82. The molecule has 142 valence electrons. The Morgan fingerprint density at radius 1 is 1.15 bits per heavy atom. The lowest BCUT2D eigenvalue weighted by atomic mass is 10.1. The number of hydrogen-bond donors (Lipinski definition) is 1. The standard InChI is InChI=1S/C20H25N5O2/c1-26-16-9-4-3-8-15(16)18-17-19(22-14-23-20(17)27-24-18)21-10-7-13-25-11-5-2-6-12-25/h3-4,8-9,14H,2,5-7,10-13H2,1H3,(H,21,22,23). The lowest BCUT2D eigenvalue weighted by Crippen LogP contribution is -2.31. The molecule has 1 N–H and O–H groups in total. The molecule has 1 aromatic carbocycles. The van der Waals surface area contributed by atoms with Gasteiger partial charge in [-0.05, 0) is 51.0 Å². The normalized spacial score (nSPS) is 15.1. The number of fused-ring (bicyclic) bond motifs is 1. The summed E-state index contributed by atoms with van der Waals surface area (Å²) in [7, 11) is 1.65. The van der Waals surface area contributed by atoms with Crippen molar-refractivity contribution < 1.29 is 9.26 Å². The number of piperidine rings is 1. The monoisotopic (exact) mass is 367 g/mol. The molecular weight excluding hydrogens is 342 g/mol. The van der Waals surface area contributed by atoms with Crippen molar-refractivity contribution in [2.24, 2.45) is 0 Å². The molecule has 27 heavy (non-hydrogen) atoms. The molecule has 0 bridgehead atoms. The molecule has 7 nitrogen and oxygen atoms in total. The minimum Gasteiger partial charge on any atom is -0.496 e. The lowest BCUT2D eigenvalue weighted by Gasteiger charge is -2.26. The van der Waals surface area contributed by atoms with Crippen LogP contribution in [0, 0.1) is 0 Å². The summed E-state index contributed by atoms with van der Waals surface area (Å²) < 4.78 is 10.9. The molecule has 1 aliphatic heterocycles. The van der Waals surface area contributed by atoms with Gasteiger partial charge in [0, 0.05) is 12.1 Å². The number of benzene rings is 1. The SMILES string of the molecule is COc1ccccc1-c1noc2ncnc(NCCCN3CCCCC3)c12. The molecular formula is C20H25N5O2. The van der Waals surface area contributed by atoms with Crippen molar-refractivity contribution in [1.82, 2.24) is 20.0 Å². The van der Waals surface area contributed by atoms with E-state index < -0.39 is 0 Å². The Labute approximate surface area is 158 Å². The Morgan fingerprint density at radius 3 is 2.85 bits per heavy atom. The highest BCUT2D eigenvalue weighted by atomic mass is 16.5. The van der Waals surface area contributed by atoms with Crippen LogP contribution in [0.25, 0.3) is 22.4 Å². The highest BCUT2D eigenvalue weighted by molar-refractivity contribution is 5.98. The van der Waals surface area contributed by atoms with Gasteiger partial charge >= 0.3 is 0 Å². The van der Waals surface area contributed by atoms with Crippen molar-refractivity contribution >= 4 is 16.9 Å². The van der Waals surface area contributed by atoms with Crippen molar-refractivity contribution in [3.05, 3.63) is 30.6 Å². The highest BCUT2D eigenvalue weighted by Crippen LogP contribution is 2.36. The Bertz CT molecular complexity index is 889. The molecule has 0 amide bonds. The summed E-state index contributed by atoms with van der Waals surface area (Å²) in [5, 5.41) is 8.46. The van der Waals surface area contributed by atoms with Crippen molar-refractivity contribution in [3.63, 3.8) is 0 Å².